The first-order valence-electron chi connectivity index (χ1n) is 5.52. The van der Waals surface area contributed by atoms with Crippen LogP contribution in [0.25, 0.3) is 0 Å². The number of methoxy groups -OCH3 is 1. The molecule has 0 saturated heterocycles. The third-order valence-corrected chi connectivity index (χ3v) is 4.28. The van der Waals surface area contributed by atoms with Crippen LogP contribution in [0.2, 0.25) is 0 Å². The standard InChI is InChI=1S/C11H16NO5P/c1-4-16-18(14,17-5-2)9-6-7-10(12-13)11(8-9)15-3/h6-8H,4-5H2,1-3H3. The van der Waals surface area contributed by atoms with Gasteiger partial charge < -0.3 is 13.8 Å². The molecule has 1 aromatic carbocycles. The largest absolute Gasteiger partial charge is 0.494 e. The van der Waals surface area contributed by atoms with Crippen molar-refractivity contribution in [2.75, 3.05) is 20.3 Å². The summed E-state index contributed by atoms with van der Waals surface area (Å²) in [5.41, 5.74) is 0.140. The molecule has 0 fully saturated rings. The van der Waals surface area contributed by atoms with Gasteiger partial charge in [-0.3, -0.25) is 4.57 Å². The van der Waals surface area contributed by atoms with E-state index in [1.807, 2.05) is 0 Å². The Hall–Kier alpha value is -1.23. The Kier molecular flexibility index (Phi) is 5.47. The molecular formula is C11H16NO5P. The summed E-state index contributed by atoms with van der Waals surface area (Å²) >= 11 is 0. The van der Waals surface area contributed by atoms with E-state index in [4.69, 9.17) is 13.8 Å². The Morgan fingerprint density at radius 1 is 1.22 bits per heavy atom. The molecular weight excluding hydrogens is 257 g/mol. The zero-order valence-electron chi connectivity index (χ0n) is 10.6. The van der Waals surface area contributed by atoms with E-state index in [0.717, 1.165) is 0 Å². The molecule has 1 rings (SSSR count). The molecule has 0 aliphatic carbocycles. The maximum Gasteiger partial charge on any atom is 0.361 e. The monoisotopic (exact) mass is 273 g/mol. The predicted molar refractivity (Wildman–Crippen MR) is 68.9 cm³/mol. The predicted octanol–water partition coefficient (Wildman–Crippen LogP) is 2.98. The minimum atomic E-state index is -3.37. The molecule has 0 aliphatic heterocycles. The first-order valence-corrected chi connectivity index (χ1v) is 7.06. The number of nitrogens with zero attached hydrogens (tertiary/aromatic N) is 1. The van der Waals surface area contributed by atoms with E-state index in [2.05, 4.69) is 5.18 Å². The highest BCUT2D eigenvalue weighted by Crippen LogP contribution is 2.48. The Morgan fingerprint density at radius 2 is 1.83 bits per heavy atom. The second-order valence-electron chi connectivity index (χ2n) is 3.28. The quantitative estimate of drug-likeness (QED) is 0.564. The Morgan fingerprint density at radius 3 is 2.28 bits per heavy atom. The molecule has 0 amide bonds. The fourth-order valence-electron chi connectivity index (χ4n) is 1.44. The summed E-state index contributed by atoms with van der Waals surface area (Å²) in [5, 5.41) is 3.15. The van der Waals surface area contributed by atoms with E-state index in [9.17, 15) is 9.47 Å². The summed E-state index contributed by atoms with van der Waals surface area (Å²) in [4.78, 5) is 10.5. The molecule has 0 unspecified atom stereocenters. The van der Waals surface area contributed by atoms with Crippen LogP contribution in [-0.4, -0.2) is 20.3 Å². The Labute approximate surface area is 106 Å². The molecule has 0 aromatic heterocycles. The van der Waals surface area contributed by atoms with Gasteiger partial charge in [-0.2, -0.15) is 0 Å². The molecule has 100 valence electrons. The van der Waals surface area contributed by atoms with Crippen LogP contribution in [0.4, 0.5) is 5.69 Å². The van der Waals surface area contributed by atoms with Gasteiger partial charge in [-0.1, -0.05) is 0 Å². The SMILES string of the molecule is CCOP(=O)(OCC)c1ccc(N=O)c(OC)c1. The summed E-state index contributed by atoms with van der Waals surface area (Å²) in [6, 6.07) is 4.36. The van der Waals surface area contributed by atoms with Crippen LogP contribution in [0.15, 0.2) is 23.4 Å². The second kappa shape index (κ2) is 6.64. The van der Waals surface area contributed by atoms with Crippen molar-refractivity contribution in [2.24, 2.45) is 5.18 Å². The van der Waals surface area contributed by atoms with E-state index >= 15 is 0 Å². The lowest BCUT2D eigenvalue weighted by molar-refractivity contribution is 0.230. The molecule has 18 heavy (non-hydrogen) atoms. The lowest BCUT2D eigenvalue weighted by Gasteiger charge is -2.17. The van der Waals surface area contributed by atoms with E-state index < -0.39 is 7.60 Å². The minimum Gasteiger partial charge on any atom is -0.494 e. The van der Waals surface area contributed by atoms with Crippen molar-refractivity contribution in [1.82, 2.24) is 0 Å². The van der Waals surface area contributed by atoms with Crippen molar-refractivity contribution in [3.63, 3.8) is 0 Å². The number of benzene rings is 1. The molecule has 0 saturated carbocycles. The number of rotatable bonds is 7. The summed E-state index contributed by atoms with van der Waals surface area (Å²) in [7, 11) is -1.96. The van der Waals surface area contributed by atoms with Crippen molar-refractivity contribution in [1.29, 1.82) is 0 Å². The number of nitroso groups, excluding NO2 is 1. The van der Waals surface area contributed by atoms with Gasteiger partial charge in [-0.05, 0) is 37.2 Å². The lowest BCUT2D eigenvalue weighted by Crippen LogP contribution is -2.10. The topological polar surface area (TPSA) is 74.2 Å². The number of hydrogen-bond donors (Lipinski definition) is 0. The maximum atomic E-state index is 12.5. The fraction of sp³-hybridized carbons (Fsp3) is 0.455. The first-order chi connectivity index (χ1) is 8.61. The molecule has 0 aliphatic rings. The van der Waals surface area contributed by atoms with Crippen LogP contribution >= 0.6 is 7.60 Å². The molecule has 0 bridgehead atoms. The lowest BCUT2D eigenvalue weighted by atomic mass is 10.3. The molecule has 6 nitrogen and oxygen atoms in total. The zero-order valence-corrected chi connectivity index (χ0v) is 11.5. The second-order valence-corrected chi connectivity index (χ2v) is 5.31. The Balaban J connectivity index is 3.21. The van der Waals surface area contributed by atoms with Gasteiger partial charge in [-0.15, -0.1) is 4.91 Å². The third kappa shape index (κ3) is 3.16. The van der Waals surface area contributed by atoms with Crippen molar-refractivity contribution in [3.8, 4) is 5.75 Å². The van der Waals surface area contributed by atoms with Gasteiger partial charge in [0.2, 0.25) is 0 Å². The van der Waals surface area contributed by atoms with Crippen LogP contribution in [0.1, 0.15) is 13.8 Å². The summed E-state index contributed by atoms with van der Waals surface area (Å²) in [5.74, 6) is 0.238. The van der Waals surface area contributed by atoms with Crippen LogP contribution in [-0.2, 0) is 13.6 Å². The van der Waals surface area contributed by atoms with E-state index in [-0.39, 0.29) is 24.7 Å². The van der Waals surface area contributed by atoms with Crippen LogP contribution in [0.3, 0.4) is 0 Å². The van der Waals surface area contributed by atoms with Gasteiger partial charge in [0.15, 0.2) is 0 Å². The average Bonchev–Trinajstić information content (AvgIpc) is 2.38. The maximum absolute atomic E-state index is 12.5. The van der Waals surface area contributed by atoms with E-state index in [0.29, 0.717) is 5.30 Å². The van der Waals surface area contributed by atoms with Crippen molar-refractivity contribution >= 4 is 18.6 Å². The zero-order chi connectivity index (χ0) is 13.6. The Bertz CT molecular complexity index is 453. The average molecular weight is 273 g/mol. The molecule has 1 aromatic rings. The van der Waals surface area contributed by atoms with Crippen LogP contribution in [0.5, 0.6) is 5.75 Å². The molecule has 0 atom stereocenters. The fourth-order valence-corrected chi connectivity index (χ4v) is 3.02. The normalized spacial score (nSPS) is 11.3. The van der Waals surface area contributed by atoms with Crippen LogP contribution < -0.4 is 10.0 Å². The van der Waals surface area contributed by atoms with Crippen LogP contribution in [0, 0.1) is 4.91 Å². The van der Waals surface area contributed by atoms with Gasteiger partial charge in [-0.25, -0.2) is 0 Å². The molecule has 0 radical (unpaired) electrons. The number of ether oxygens (including phenoxy) is 1. The van der Waals surface area contributed by atoms with Crippen molar-refractivity contribution < 1.29 is 18.3 Å². The van der Waals surface area contributed by atoms with Gasteiger partial charge in [0.05, 0.1) is 25.6 Å². The van der Waals surface area contributed by atoms with Gasteiger partial charge >= 0.3 is 7.60 Å². The van der Waals surface area contributed by atoms with E-state index in [1.165, 1.54) is 25.3 Å². The van der Waals surface area contributed by atoms with Crippen molar-refractivity contribution in [2.45, 2.75) is 13.8 Å². The minimum absolute atomic E-state index is 0.140. The summed E-state index contributed by atoms with van der Waals surface area (Å²) in [6.07, 6.45) is 0. The molecule has 7 heteroatoms. The molecule has 0 N–H and O–H groups in total. The van der Waals surface area contributed by atoms with E-state index in [1.54, 1.807) is 13.8 Å². The van der Waals surface area contributed by atoms with Crippen molar-refractivity contribution in [3.05, 3.63) is 23.1 Å². The van der Waals surface area contributed by atoms with Gasteiger partial charge in [0, 0.05) is 0 Å². The highest BCUT2D eigenvalue weighted by atomic mass is 31.2. The van der Waals surface area contributed by atoms with Gasteiger partial charge in [0.1, 0.15) is 11.4 Å². The highest BCUT2D eigenvalue weighted by Gasteiger charge is 2.27. The smallest absolute Gasteiger partial charge is 0.361 e. The summed E-state index contributed by atoms with van der Waals surface area (Å²) in [6.45, 7) is 3.97. The first kappa shape index (κ1) is 14.8. The summed E-state index contributed by atoms with van der Waals surface area (Å²) < 4.78 is 27.9. The number of hydrogen-bond acceptors (Lipinski definition) is 6. The highest BCUT2D eigenvalue weighted by molar-refractivity contribution is 7.62. The molecule has 0 heterocycles. The molecule has 0 spiro atoms. The van der Waals surface area contributed by atoms with Gasteiger partial charge in [0.25, 0.3) is 0 Å². The third-order valence-electron chi connectivity index (χ3n) is 2.18.